The predicted octanol–water partition coefficient (Wildman–Crippen LogP) is 1.67. The van der Waals surface area contributed by atoms with Crippen molar-refractivity contribution in [2.24, 2.45) is 0 Å². The molecule has 5 heteroatoms. The molecule has 0 radical (unpaired) electrons. The van der Waals surface area contributed by atoms with Crippen molar-refractivity contribution in [1.82, 2.24) is 15.2 Å². The average molecular weight is 279 g/mol. The third-order valence-corrected chi connectivity index (χ3v) is 3.86. The van der Waals surface area contributed by atoms with Crippen LogP contribution in [0, 0.1) is 0 Å². The maximum absolute atomic E-state index is 5.39. The first-order valence-electron chi connectivity index (χ1n) is 7.27. The molecule has 2 rings (SSSR count). The molecule has 112 valence electrons. The van der Waals surface area contributed by atoms with E-state index in [2.05, 4.69) is 22.1 Å². The molecule has 1 aromatic rings. The van der Waals surface area contributed by atoms with Crippen LogP contribution in [0.4, 0.5) is 0 Å². The normalized spacial score (nSPS) is 17.1. The molecule has 0 aliphatic carbocycles. The molecule has 1 aromatic heterocycles. The van der Waals surface area contributed by atoms with Crippen LogP contribution in [-0.2, 0) is 6.54 Å². The Kier molecular flexibility index (Phi) is 5.61. The van der Waals surface area contributed by atoms with Crippen LogP contribution < -0.4 is 14.8 Å². The summed E-state index contributed by atoms with van der Waals surface area (Å²) in [5.74, 6) is 1.45. The van der Waals surface area contributed by atoms with Gasteiger partial charge in [-0.3, -0.25) is 9.88 Å². The zero-order valence-corrected chi connectivity index (χ0v) is 12.7. The Labute approximate surface area is 121 Å². The van der Waals surface area contributed by atoms with Gasteiger partial charge >= 0.3 is 0 Å². The molecular weight excluding hydrogens is 254 g/mol. The molecular formula is C15H25N3O2. The second kappa shape index (κ2) is 7.45. The fraction of sp³-hybridized carbons (Fsp3) is 0.667. The van der Waals surface area contributed by atoms with Crippen molar-refractivity contribution < 1.29 is 9.47 Å². The summed E-state index contributed by atoms with van der Waals surface area (Å²) in [6.07, 6.45) is 4.41. The summed E-state index contributed by atoms with van der Waals surface area (Å²) in [6.45, 7) is 6.38. The van der Waals surface area contributed by atoms with Gasteiger partial charge in [0.2, 0.25) is 0 Å². The van der Waals surface area contributed by atoms with Gasteiger partial charge in [0.15, 0.2) is 11.5 Å². The number of aromatic nitrogens is 1. The molecule has 5 nitrogen and oxygen atoms in total. The van der Waals surface area contributed by atoms with Gasteiger partial charge in [0, 0.05) is 31.4 Å². The quantitative estimate of drug-likeness (QED) is 0.822. The zero-order chi connectivity index (χ0) is 14.4. The number of nitrogens with zero attached hydrogens (tertiary/aromatic N) is 2. The van der Waals surface area contributed by atoms with Gasteiger partial charge in [0.25, 0.3) is 0 Å². The second-order valence-electron chi connectivity index (χ2n) is 5.22. The van der Waals surface area contributed by atoms with Gasteiger partial charge in [-0.05, 0) is 32.9 Å². The summed E-state index contributed by atoms with van der Waals surface area (Å²) in [6, 6.07) is 2.38. The first-order chi connectivity index (χ1) is 9.76. The smallest absolute Gasteiger partial charge is 0.183 e. The van der Waals surface area contributed by atoms with Crippen LogP contribution in [0.3, 0.4) is 0 Å². The van der Waals surface area contributed by atoms with Gasteiger partial charge in [0.05, 0.1) is 19.9 Å². The lowest BCUT2D eigenvalue weighted by Crippen LogP contribution is -2.38. The molecule has 0 bridgehead atoms. The lowest BCUT2D eigenvalue weighted by molar-refractivity contribution is 0.251. The van der Waals surface area contributed by atoms with Crippen LogP contribution in [-0.4, -0.2) is 49.8 Å². The number of nitrogens with one attached hydrogen (secondary N) is 1. The lowest BCUT2D eigenvalue weighted by Gasteiger charge is -2.24. The lowest BCUT2D eigenvalue weighted by atomic mass is 10.2. The van der Waals surface area contributed by atoms with Crippen LogP contribution in [0.1, 0.15) is 25.5 Å². The summed E-state index contributed by atoms with van der Waals surface area (Å²) in [7, 11) is 3.29. The van der Waals surface area contributed by atoms with E-state index in [-0.39, 0.29) is 0 Å². The Balaban J connectivity index is 1.87. The summed E-state index contributed by atoms with van der Waals surface area (Å²) in [4.78, 5) is 6.90. The highest BCUT2D eigenvalue weighted by molar-refractivity contribution is 5.42. The van der Waals surface area contributed by atoms with Gasteiger partial charge in [0.1, 0.15) is 0 Å². The molecule has 1 saturated heterocycles. The minimum atomic E-state index is 0.564. The summed E-state index contributed by atoms with van der Waals surface area (Å²) >= 11 is 0. The van der Waals surface area contributed by atoms with E-state index in [0.717, 1.165) is 23.7 Å². The topological polar surface area (TPSA) is 46.6 Å². The molecule has 1 N–H and O–H groups in total. The standard InChI is InChI=1S/C15H25N3O2/c1-12(18-8-4-5-9-18)10-16-11-13-15(20-3)14(19-2)6-7-17-13/h6-7,12,16H,4-5,8-11H2,1-3H3. The van der Waals surface area contributed by atoms with E-state index < -0.39 is 0 Å². The molecule has 0 spiro atoms. The number of pyridine rings is 1. The number of ether oxygens (including phenoxy) is 2. The minimum absolute atomic E-state index is 0.564. The van der Waals surface area contributed by atoms with Gasteiger partial charge in [-0.15, -0.1) is 0 Å². The first kappa shape index (κ1) is 15.1. The summed E-state index contributed by atoms with van der Waals surface area (Å²) < 4.78 is 10.7. The van der Waals surface area contributed by atoms with E-state index in [4.69, 9.17) is 9.47 Å². The van der Waals surface area contributed by atoms with Gasteiger partial charge < -0.3 is 14.8 Å². The average Bonchev–Trinajstić information content (AvgIpc) is 3.01. The fourth-order valence-corrected chi connectivity index (χ4v) is 2.69. The van der Waals surface area contributed by atoms with E-state index in [0.29, 0.717) is 12.6 Å². The van der Waals surface area contributed by atoms with E-state index in [9.17, 15) is 0 Å². The van der Waals surface area contributed by atoms with Gasteiger partial charge in [-0.2, -0.15) is 0 Å². The maximum Gasteiger partial charge on any atom is 0.183 e. The highest BCUT2D eigenvalue weighted by Gasteiger charge is 2.18. The Bertz CT molecular complexity index is 420. The van der Waals surface area contributed by atoms with E-state index in [1.807, 2.05) is 6.07 Å². The van der Waals surface area contributed by atoms with Crippen molar-refractivity contribution in [3.05, 3.63) is 18.0 Å². The SMILES string of the molecule is COc1ccnc(CNCC(C)N2CCCC2)c1OC. The zero-order valence-electron chi connectivity index (χ0n) is 12.7. The van der Waals surface area contributed by atoms with Crippen LogP contribution in [0.5, 0.6) is 11.5 Å². The Morgan fingerprint density at radius 2 is 2.05 bits per heavy atom. The summed E-state index contributed by atoms with van der Waals surface area (Å²) in [5, 5.41) is 3.46. The predicted molar refractivity (Wildman–Crippen MR) is 79.3 cm³/mol. The van der Waals surface area contributed by atoms with Crippen molar-refractivity contribution in [2.45, 2.75) is 32.4 Å². The second-order valence-corrected chi connectivity index (χ2v) is 5.22. The number of methoxy groups -OCH3 is 2. The van der Waals surface area contributed by atoms with Crippen molar-refractivity contribution >= 4 is 0 Å². The minimum Gasteiger partial charge on any atom is -0.493 e. The maximum atomic E-state index is 5.39. The summed E-state index contributed by atoms with van der Waals surface area (Å²) in [5.41, 5.74) is 0.889. The number of hydrogen-bond donors (Lipinski definition) is 1. The third-order valence-electron chi connectivity index (χ3n) is 3.86. The Morgan fingerprint density at radius 3 is 2.70 bits per heavy atom. The molecule has 1 fully saturated rings. The molecule has 0 saturated carbocycles. The molecule has 20 heavy (non-hydrogen) atoms. The molecule has 1 unspecified atom stereocenters. The molecule has 0 amide bonds. The van der Waals surface area contributed by atoms with Crippen LogP contribution in [0.25, 0.3) is 0 Å². The fourth-order valence-electron chi connectivity index (χ4n) is 2.69. The Hall–Kier alpha value is -1.33. The van der Waals surface area contributed by atoms with Crippen molar-refractivity contribution in [3.63, 3.8) is 0 Å². The van der Waals surface area contributed by atoms with E-state index >= 15 is 0 Å². The van der Waals surface area contributed by atoms with Crippen molar-refractivity contribution in [2.75, 3.05) is 33.9 Å². The number of hydrogen-bond acceptors (Lipinski definition) is 5. The highest BCUT2D eigenvalue weighted by atomic mass is 16.5. The van der Waals surface area contributed by atoms with Crippen LogP contribution in [0.15, 0.2) is 12.3 Å². The number of rotatable bonds is 7. The molecule has 1 aliphatic heterocycles. The van der Waals surface area contributed by atoms with Crippen LogP contribution >= 0.6 is 0 Å². The van der Waals surface area contributed by atoms with E-state index in [1.54, 1.807) is 20.4 Å². The Morgan fingerprint density at radius 1 is 1.30 bits per heavy atom. The molecule has 0 aromatic carbocycles. The van der Waals surface area contributed by atoms with Gasteiger partial charge in [-0.25, -0.2) is 0 Å². The van der Waals surface area contributed by atoms with Crippen molar-refractivity contribution in [3.8, 4) is 11.5 Å². The van der Waals surface area contributed by atoms with E-state index in [1.165, 1.54) is 25.9 Å². The largest absolute Gasteiger partial charge is 0.493 e. The molecule has 1 atom stereocenters. The third kappa shape index (κ3) is 3.61. The molecule has 2 heterocycles. The monoisotopic (exact) mass is 279 g/mol. The number of likely N-dealkylation sites (tertiary alicyclic amines) is 1. The van der Waals surface area contributed by atoms with Crippen molar-refractivity contribution in [1.29, 1.82) is 0 Å². The highest BCUT2D eigenvalue weighted by Crippen LogP contribution is 2.28. The first-order valence-corrected chi connectivity index (χ1v) is 7.27. The molecule has 1 aliphatic rings. The van der Waals surface area contributed by atoms with Crippen LogP contribution in [0.2, 0.25) is 0 Å². The van der Waals surface area contributed by atoms with Gasteiger partial charge in [-0.1, -0.05) is 0 Å².